The van der Waals surface area contributed by atoms with Gasteiger partial charge in [-0.25, -0.2) is 0 Å². The normalized spacial score (nSPS) is 16.2. The number of aryl methyl sites for hydroxylation is 1. The van der Waals surface area contributed by atoms with Crippen LogP contribution in [0, 0.1) is 0 Å². The number of hydrogen-bond acceptors (Lipinski definition) is 5. The molecular weight excluding hydrogens is 391 g/mol. The first-order chi connectivity index (χ1) is 13.7. The van der Waals surface area contributed by atoms with Crippen LogP contribution in [-0.2, 0) is 29.3 Å². The molecule has 0 atom stereocenters. The van der Waals surface area contributed by atoms with Crippen molar-refractivity contribution in [3.05, 3.63) is 17.5 Å². The van der Waals surface area contributed by atoms with Gasteiger partial charge in [-0.2, -0.15) is 18.3 Å². The molecule has 0 aliphatic carbocycles. The zero-order chi connectivity index (χ0) is 21.4. The number of ether oxygens (including phenoxy) is 1. The zero-order valence-electron chi connectivity index (χ0n) is 16.9. The maximum absolute atomic E-state index is 13.1. The summed E-state index contributed by atoms with van der Waals surface area (Å²) in [5, 5.41) is 9.27. The van der Waals surface area contributed by atoms with E-state index in [9.17, 15) is 18.0 Å². The Morgan fingerprint density at radius 3 is 2.55 bits per heavy atom. The summed E-state index contributed by atoms with van der Waals surface area (Å²) >= 11 is 0. The molecule has 1 amide bonds. The quantitative estimate of drug-likeness (QED) is 0.365. The molecule has 2 heterocycles. The molecule has 0 spiro atoms. The van der Waals surface area contributed by atoms with Crippen molar-refractivity contribution in [3.8, 4) is 0 Å². The van der Waals surface area contributed by atoms with Crippen LogP contribution < -0.4 is 10.6 Å². The Kier molecular flexibility index (Phi) is 8.26. The van der Waals surface area contributed by atoms with Gasteiger partial charge in [-0.1, -0.05) is 0 Å². The number of aliphatic imine (C=N–C) groups is 1. The summed E-state index contributed by atoms with van der Waals surface area (Å²) in [5.41, 5.74) is -0.834. The summed E-state index contributed by atoms with van der Waals surface area (Å²) in [6, 6.07) is 0. The molecule has 9 nitrogen and oxygen atoms in total. The Morgan fingerprint density at radius 1 is 1.28 bits per heavy atom. The van der Waals surface area contributed by atoms with Crippen LogP contribution >= 0.6 is 0 Å². The molecule has 0 unspecified atom stereocenters. The van der Waals surface area contributed by atoms with Crippen LogP contribution in [0.5, 0.6) is 0 Å². The number of aromatic nitrogens is 2. The van der Waals surface area contributed by atoms with Crippen molar-refractivity contribution in [2.75, 3.05) is 60.0 Å². The predicted octanol–water partition coefficient (Wildman–Crippen LogP) is -0.105. The molecule has 29 heavy (non-hydrogen) atoms. The molecule has 0 radical (unpaired) electrons. The molecule has 1 aliphatic rings. The Balaban J connectivity index is 1.83. The van der Waals surface area contributed by atoms with Gasteiger partial charge in [0.25, 0.3) is 0 Å². The molecule has 0 aromatic carbocycles. The van der Waals surface area contributed by atoms with E-state index in [2.05, 4.69) is 20.7 Å². The first kappa shape index (κ1) is 22.9. The number of nitrogens with one attached hydrogen (secondary N) is 2. The lowest BCUT2D eigenvalue weighted by molar-refractivity contribution is -0.142. The number of guanidine groups is 1. The number of amides is 1. The molecule has 0 bridgehead atoms. The summed E-state index contributed by atoms with van der Waals surface area (Å²) in [6.45, 7) is 3.74. The summed E-state index contributed by atoms with van der Waals surface area (Å²) in [4.78, 5) is 20.0. The van der Waals surface area contributed by atoms with Crippen molar-refractivity contribution in [1.29, 1.82) is 0 Å². The Labute approximate surface area is 167 Å². The van der Waals surface area contributed by atoms with E-state index in [1.807, 2.05) is 9.80 Å². The number of carbonyl (C=O) groups excluding carboxylic acids is 1. The van der Waals surface area contributed by atoms with Crippen molar-refractivity contribution in [3.63, 3.8) is 0 Å². The summed E-state index contributed by atoms with van der Waals surface area (Å²) < 4.78 is 45.3. The van der Waals surface area contributed by atoms with Crippen LogP contribution in [0.2, 0.25) is 0 Å². The van der Waals surface area contributed by atoms with Crippen molar-refractivity contribution in [2.45, 2.75) is 12.7 Å². The molecule has 12 heteroatoms. The van der Waals surface area contributed by atoms with Crippen LogP contribution in [0.3, 0.4) is 0 Å². The largest absolute Gasteiger partial charge is 0.435 e. The molecule has 1 saturated heterocycles. The molecule has 2 rings (SSSR count). The predicted molar refractivity (Wildman–Crippen MR) is 101 cm³/mol. The highest BCUT2D eigenvalue weighted by atomic mass is 19.4. The third-order valence-corrected chi connectivity index (χ3v) is 4.49. The monoisotopic (exact) mass is 419 g/mol. The average Bonchev–Trinajstić information content (AvgIpc) is 3.05. The second-order valence-electron chi connectivity index (χ2n) is 6.68. The van der Waals surface area contributed by atoms with Gasteiger partial charge >= 0.3 is 6.18 Å². The number of halogens is 3. The maximum atomic E-state index is 13.1. The van der Waals surface area contributed by atoms with Crippen LogP contribution in [-0.4, -0.2) is 91.5 Å². The first-order valence-electron chi connectivity index (χ1n) is 9.28. The van der Waals surface area contributed by atoms with Gasteiger partial charge in [-0.3, -0.25) is 19.4 Å². The summed E-state index contributed by atoms with van der Waals surface area (Å²) in [6.07, 6.45) is -3.15. The van der Waals surface area contributed by atoms with Gasteiger partial charge in [-0.15, -0.1) is 0 Å². The van der Waals surface area contributed by atoms with Gasteiger partial charge < -0.3 is 20.3 Å². The van der Waals surface area contributed by atoms with Gasteiger partial charge in [0, 0.05) is 72.2 Å². The number of alkyl halides is 3. The number of nitrogens with zero attached hydrogens (tertiary/aromatic N) is 5. The fourth-order valence-corrected chi connectivity index (χ4v) is 3.08. The van der Waals surface area contributed by atoms with Crippen LogP contribution in [0.4, 0.5) is 13.2 Å². The molecule has 1 fully saturated rings. The van der Waals surface area contributed by atoms with Crippen LogP contribution in [0.25, 0.3) is 0 Å². The zero-order valence-corrected chi connectivity index (χ0v) is 16.9. The molecule has 164 valence electrons. The maximum Gasteiger partial charge on any atom is 0.435 e. The molecule has 1 aromatic heterocycles. The van der Waals surface area contributed by atoms with Crippen LogP contribution in [0.1, 0.15) is 11.3 Å². The van der Waals surface area contributed by atoms with E-state index in [1.54, 1.807) is 14.2 Å². The third-order valence-electron chi connectivity index (χ3n) is 4.49. The van der Waals surface area contributed by atoms with E-state index in [4.69, 9.17) is 4.74 Å². The fourth-order valence-electron chi connectivity index (χ4n) is 3.08. The first-order valence-corrected chi connectivity index (χ1v) is 9.28. The number of carbonyl (C=O) groups is 1. The van der Waals surface area contributed by atoms with Crippen molar-refractivity contribution < 1.29 is 22.7 Å². The average molecular weight is 419 g/mol. The van der Waals surface area contributed by atoms with Crippen LogP contribution in [0.15, 0.2) is 11.2 Å². The standard InChI is InChI=1S/C17H28F3N7O2/c1-21-16(23-10-13-11-25(2)24-15(13)17(18,19)20)27-7-5-26(6-8-27)12-14(28)22-4-9-29-3/h11H,4-10,12H2,1-3H3,(H,21,23)(H,22,28). The Bertz CT molecular complexity index is 698. The lowest BCUT2D eigenvalue weighted by Gasteiger charge is -2.36. The molecule has 0 saturated carbocycles. The molecule has 2 N–H and O–H groups in total. The van der Waals surface area contributed by atoms with Crippen molar-refractivity contribution >= 4 is 11.9 Å². The molecule has 1 aromatic rings. The number of piperazine rings is 1. The summed E-state index contributed by atoms with van der Waals surface area (Å²) in [7, 11) is 4.62. The highest BCUT2D eigenvalue weighted by molar-refractivity contribution is 5.80. The SMILES string of the molecule is CN=C(NCc1cn(C)nc1C(F)(F)F)N1CCN(CC(=O)NCCOC)CC1. The molecular formula is C17H28F3N7O2. The van der Waals surface area contributed by atoms with Gasteiger partial charge in [0.15, 0.2) is 11.7 Å². The minimum Gasteiger partial charge on any atom is -0.383 e. The van der Waals surface area contributed by atoms with Crippen molar-refractivity contribution in [2.24, 2.45) is 12.0 Å². The number of hydrogen-bond donors (Lipinski definition) is 2. The van der Waals surface area contributed by atoms with Crippen molar-refractivity contribution in [1.82, 2.24) is 30.2 Å². The second kappa shape index (κ2) is 10.4. The topological polar surface area (TPSA) is 87.0 Å². The van der Waals surface area contributed by atoms with Gasteiger partial charge in [0.2, 0.25) is 5.91 Å². The van der Waals surface area contributed by atoms with E-state index in [0.29, 0.717) is 51.8 Å². The number of methoxy groups -OCH3 is 1. The van der Waals surface area contributed by atoms with E-state index < -0.39 is 11.9 Å². The fraction of sp³-hybridized carbons (Fsp3) is 0.706. The number of rotatable bonds is 7. The lowest BCUT2D eigenvalue weighted by atomic mass is 10.2. The minimum atomic E-state index is -4.50. The van der Waals surface area contributed by atoms with Gasteiger partial charge in [-0.05, 0) is 0 Å². The van der Waals surface area contributed by atoms with E-state index in [0.717, 1.165) is 4.68 Å². The third kappa shape index (κ3) is 6.89. The molecule has 1 aliphatic heterocycles. The highest BCUT2D eigenvalue weighted by Crippen LogP contribution is 2.30. The smallest absolute Gasteiger partial charge is 0.383 e. The second-order valence-corrected chi connectivity index (χ2v) is 6.68. The van der Waals surface area contributed by atoms with Gasteiger partial charge in [0.05, 0.1) is 13.2 Å². The van der Waals surface area contributed by atoms with Gasteiger partial charge in [0.1, 0.15) is 0 Å². The van der Waals surface area contributed by atoms with E-state index in [-0.39, 0.29) is 18.0 Å². The summed E-state index contributed by atoms with van der Waals surface area (Å²) in [5.74, 6) is 0.459. The Morgan fingerprint density at radius 2 is 1.97 bits per heavy atom. The minimum absolute atomic E-state index is 0.0303. The lowest BCUT2D eigenvalue weighted by Crippen LogP contribution is -2.54. The van der Waals surface area contributed by atoms with E-state index in [1.165, 1.54) is 13.2 Å². The Hall–Kier alpha value is -2.34. The highest BCUT2D eigenvalue weighted by Gasteiger charge is 2.37. The van der Waals surface area contributed by atoms with E-state index >= 15 is 0 Å².